The van der Waals surface area contributed by atoms with E-state index in [1.807, 2.05) is 18.2 Å². The molecule has 0 saturated carbocycles. The number of hydrogen-bond donors (Lipinski definition) is 0. The summed E-state index contributed by atoms with van der Waals surface area (Å²) in [7, 11) is 1.37. The molecule has 2 nitrogen and oxygen atoms in total. The van der Waals surface area contributed by atoms with E-state index in [1.54, 1.807) is 6.08 Å². The molecule has 0 bridgehead atoms. The summed E-state index contributed by atoms with van der Waals surface area (Å²) in [5.74, 6) is -0.237. The molecule has 0 saturated heterocycles. The Hall–Kier alpha value is -0.800. The molecular weight excluding hydrogens is 208 g/mol. The number of methoxy groups -OCH3 is 1. The highest BCUT2D eigenvalue weighted by Gasteiger charge is 1.95. The molecule has 70 valence electrons. The average Bonchev–Trinajstić information content (AvgIpc) is 2.51. The molecule has 0 fully saturated rings. The maximum absolute atomic E-state index is 10.7. The van der Waals surface area contributed by atoms with Crippen molar-refractivity contribution in [2.45, 2.75) is 6.42 Å². The highest BCUT2D eigenvalue weighted by Crippen LogP contribution is 2.22. The number of carbonyl (C=O) groups excluding carboxylic acids is 1. The summed E-state index contributed by atoms with van der Waals surface area (Å²) in [5.41, 5.74) is 0. The van der Waals surface area contributed by atoms with Crippen LogP contribution in [0.3, 0.4) is 0 Å². The molecule has 0 unspecified atom stereocenters. The van der Waals surface area contributed by atoms with Crippen molar-refractivity contribution in [1.29, 1.82) is 0 Å². The SMILES string of the molecule is COC(=O)CC=Cc1ccc(Cl)s1. The van der Waals surface area contributed by atoms with Crippen molar-refractivity contribution < 1.29 is 9.53 Å². The van der Waals surface area contributed by atoms with Crippen LogP contribution >= 0.6 is 22.9 Å². The average molecular weight is 217 g/mol. The quantitative estimate of drug-likeness (QED) is 0.727. The number of ether oxygens (including phenoxy) is 1. The topological polar surface area (TPSA) is 26.3 Å². The van der Waals surface area contributed by atoms with E-state index in [1.165, 1.54) is 18.4 Å². The van der Waals surface area contributed by atoms with E-state index >= 15 is 0 Å². The summed E-state index contributed by atoms with van der Waals surface area (Å²) in [5, 5.41) is 0. The molecule has 1 rings (SSSR count). The maximum Gasteiger partial charge on any atom is 0.309 e. The number of carbonyl (C=O) groups is 1. The van der Waals surface area contributed by atoms with Crippen LogP contribution in [-0.2, 0) is 9.53 Å². The van der Waals surface area contributed by atoms with Crippen molar-refractivity contribution >= 4 is 35.0 Å². The van der Waals surface area contributed by atoms with Crippen LogP contribution in [0.25, 0.3) is 6.08 Å². The molecule has 0 aliphatic carbocycles. The second-order valence-electron chi connectivity index (χ2n) is 2.32. The van der Waals surface area contributed by atoms with E-state index < -0.39 is 0 Å². The number of halogens is 1. The zero-order chi connectivity index (χ0) is 9.68. The van der Waals surface area contributed by atoms with Crippen molar-refractivity contribution in [3.8, 4) is 0 Å². The largest absolute Gasteiger partial charge is 0.469 e. The molecule has 0 aromatic carbocycles. The lowest BCUT2D eigenvalue weighted by molar-refractivity contribution is -0.139. The van der Waals surface area contributed by atoms with Crippen LogP contribution in [0.2, 0.25) is 4.34 Å². The van der Waals surface area contributed by atoms with Gasteiger partial charge in [0.1, 0.15) is 0 Å². The number of rotatable bonds is 3. The van der Waals surface area contributed by atoms with E-state index in [2.05, 4.69) is 4.74 Å². The fraction of sp³-hybridized carbons (Fsp3) is 0.222. The predicted molar refractivity (Wildman–Crippen MR) is 55.0 cm³/mol. The zero-order valence-corrected chi connectivity index (χ0v) is 8.69. The Bertz CT molecular complexity index is 317. The summed E-state index contributed by atoms with van der Waals surface area (Å²) in [6.45, 7) is 0. The number of hydrogen-bond acceptors (Lipinski definition) is 3. The van der Waals surface area contributed by atoms with Crippen LogP contribution in [0.15, 0.2) is 18.2 Å². The molecule has 0 aliphatic heterocycles. The van der Waals surface area contributed by atoms with Crippen LogP contribution in [0.4, 0.5) is 0 Å². The monoisotopic (exact) mass is 216 g/mol. The first-order valence-corrected chi connectivity index (χ1v) is 4.90. The fourth-order valence-electron chi connectivity index (χ4n) is 0.772. The van der Waals surface area contributed by atoms with Gasteiger partial charge in [0.25, 0.3) is 0 Å². The Kier molecular flexibility index (Phi) is 3.99. The van der Waals surface area contributed by atoms with Gasteiger partial charge in [-0.3, -0.25) is 4.79 Å². The first kappa shape index (κ1) is 10.3. The van der Waals surface area contributed by atoms with E-state index in [0.717, 1.165) is 9.21 Å². The lowest BCUT2D eigenvalue weighted by Crippen LogP contribution is -1.96. The molecule has 0 spiro atoms. The van der Waals surface area contributed by atoms with Gasteiger partial charge in [-0.05, 0) is 18.2 Å². The first-order chi connectivity index (χ1) is 6.22. The molecule has 13 heavy (non-hydrogen) atoms. The van der Waals surface area contributed by atoms with Gasteiger partial charge < -0.3 is 4.74 Å². The summed E-state index contributed by atoms with van der Waals surface area (Å²) >= 11 is 7.20. The van der Waals surface area contributed by atoms with Gasteiger partial charge in [-0.1, -0.05) is 17.7 Å². The van der Waals surface area contributed by atoms with Crippen molar-refractivity contribution in [2.75, 3.05) is 7.11 Å². The number of esters is 1. The molecule has 0 aliphatic rings. The zero-order valence-electron chi connectivity index (χ0n) is 7.12. The molecule has 4 heteroatoms. The third kappa shape index (κ3) is 3.61. The molecule has 0 radical (unpaired) electrons. The summed E-state index contributed by atoms with van der Waals surface area (Å²) in [6, 6.07) is 3.73. The second-order valence-corrected chi connectivity index (χ2v) is 4.07. The van der Waals surface area contributed by atoms with E-state index in [0.29, 0.717) is 6.42 Å². The predicted octanol–water partition coefficient (Wildman–Crippen LogP) is 2.98. The van der Waals surface area contributed by atoms with Crippen molar-refractivity contribution in [2.24, 2.45) is 0 Å². The van der Waals surface area contributed by atoms with Gasteiger partial charge in [-0.15, -0.1) is 11.3 Å². The van der Waals surface area contributed by atoms with Crippen LogP contribution in [0.5, 0.6) is 0 Å². The van der Waals surface area contributed by atoms with Crippen LogP contribution in [-0.4, -0.2) is 13.1 Å². The standard InChI is InChI=1S/C9H9ClO2S/c1-12-9(11)4-2-3-7-5-6-8(10)13-7/h2-3,5-6H,4H2,1H3. The minimum absolute atomic E-state index is 0.237. The van der Waals surface area contributed by atoms with Gasteiger partial charge in [0, 0.05) is 4.88 Å². The first-order valence-electron chi connectivity index (χ1n) is 3.71. The minimum Gasteiger partial charge on any atom is -0.469 e. The van der Waals surface area contributed by atoms with E-state index in [-0.39, 0.29) is 5.97 Å². The molecule has 0 N–H and O–H groups in total. The maximum atomic E-state index is 10.7. The van der Waals surface area contributed by atoms with Gasteiger partial charge in [0.2, 0.25) is 0 Å². The Labute approximate surface area is 85.8 Å². The molecule has 1 aromatic heterocycles. The van der Waals surface area contributed by atoms with Gasteiger partial charge in [0.15, 0.2) is 0 Å². The van der Waals surface area contributed by atoms with Crippen molar-refractivity contribution in [3.63, 3.8) is 0 Å². The van der Waals surface area contributed by atoms with Gasteiger partial charge in [-0.25, -0.2) is 0 Å². The molecule has 0 atom stereocenters. The van der Waals surface area contributed by atoms with Crippen LogP contribution < -0.4 is 0 Å². The summed E-state index contributed by atoms with van der Waals surface area (Å²) in [6.07, 6.45) is 3.91. The Morgan fingerprint density at radius 3 is 3.00 bits per heavy atom. The van der Waals surface area contributed by atoms with Crippen molar-refractivity contribution in [1.82, 2.24) is 0 Å². The lowest BCUT2D eigenvalue weighted by atomic mass is 10.3. The Morgan fingerprint density at radius 2 is 2.46 bits per heavy atom. The minimum atomic E-state index is -0.237. The third-order valence-corrected chi connectivity index (χ3v) is 2.58. The molecule has 1 aromatic rings. The lowest BCUT2D eigenvalue weighted by Gasteiger charge is -1.90. The highest BCUT2D eigenvalue weighted by atomic mass is 35.5. The Morgan fingerprint density at radius 1 is 1.69 bits per heavy atom. The van der Waals surface area contributed by atoms with E-state index in [4.69, 9.17) is 11.6 Å². The molecular formula is C9H9ClO2S. The fourth-order valence-corrected chi connectivity index (χ4v) is 1.76. The summed E-state index contributed by atoms with van der Waals surface area (Å²) < 4.78 is 5.23. The molecule has 1 heterocycles. The third-order valence-electron chi connectivity index (χ3n) is 1.39. The molecule has 0 amide bonds. The van der Waals surface area contributed by atoms with Gasteiger partial charge >= 0.3 is 5.97 Å². The number of thiophene rings is 1. The highest BCUT2D eigenvalue weighted by molar-refractivity contribution is 7.16. The van der Waals surface area contributed by atoms with Crippen molar-refractivity contribution in [3.05, 3.63) is 27.4 Å². The van der Waals surface area contributed by atoms with Crippen LogP contribution in [0.1, 0.15) is 11.3 Å². The van der Waals surface area contributed by atoms with Gasteiger partial charge in [-0.2, -0.15) is 0 Å². The van der Waals surface area contributed by atoms with Gasteiger partial charge in [0.05, 0.1) is 17.9 Å². The smallest absolute Gasteiger partial charge is 0.309 e. The summed E-state index contributed by atoms with van der Waals surface area (Å²) in [4.78, 5) is 11.7. The Balaban J connectivity index is 2.45. The normalized spacial score (nSPS) is 10.6. The van der Waals surface area contributed by atoms with Crippen LogP contribution in [0, 0.1) is 0 Å². The van der Waals surface area contributed by atoms with E-state index in [9.17, 15) is 4.79 Å². The second kappa shape index (κ2) is 5.04.